The van der Waals surface area contributed by atoms with E-state index in [1.165, 1.54) is 0 Å². The predicted octanol–water partition coefficient (Wildman–Crippen LogP) is 0.269. The minimum absolute atomic E-state index is 0.0879. The second-order valence-corrected chi connectivity index (χ2v) is 6.63. The maximum atomic E-state index is 12.5. The number of amides is 2. The minimum Gasteiger partial charge on any atom is -0.340 e. The summed E-state index contributed by atoms with van der Waals surface area (Å²) in [6.45, 7) is 7.15. The van der Waals surface area contributed by atoms with E-state index in [1.807, 2.05) is 13.8 Å². The van der Waals surface area contributed by atoms with Crippen LogP contribution >= 0.6 is 0 Å². The number of rotatable bonds is 4. The zero-order valence-corrected chi connectivity index (χ0v) is 12.5. The van der Waals surface area contributed by atoms with Crippen molar-refractivity contribution in [3.05, 3.63) is 0 Å². The maximum absolute atomic E-state index is 12.5. The summed E-state index contributed by atoms with van der Waals surface area (Å²) in [5.74, 6) is 0.158. The Morgan fingerprint density at radius 3 is 2.50 bits per heavy atom. The lowest BCUT2D eigenvalue weighted by Gasteiger charge is -2.45. The quantitative estimate of drug-likeness (QED) is 0.800. The predicted molar refractivity (Wildman–Crippen MR) is 71.5 cm³/mol. The van der Waals surface area contributed by atoms with E-state index in [0.29, 0.717) is 12.2 Å². The molecule has 1 heterocycles. The first-order chi connectivity index (χ1) is 8.23. The Morgan fingerprint density at radius 2 is 2.06 bits per heavy atom. The Bertz CT molecular complexity index is 386. The molecule has 6 heteroatoms. The first-order valence-electron chi connectivity index (χ1n) is 6.17. The Morgan fingerprint density at radius 1 is 1.50 bits per heavy atom. The molecule has 0 aromatic rings. The molecule has 1 fully saturated rings. The zero-order valence-electron chi connectivity index (χ0n) is 11.6. The van der Waals surface area contributed by atoms with Crippen molar-refractivity contribution in [2.45, 2.75) is 51.7 Å². The van der Waals surface area contributed by atoms with Crippen LogP contribution < -0.4 is 5.32 Å². The van der Waals surface area contributed by atoms with Gasteiger partial charge in [0.05, 0.1) is 0 Å². The van der Waals surface area contributed by atoms with Gasteiger partial charge < -0.3 is 10.2 Å². The monoisotopic (exact) mass is 274 g/mol. The van der Waals surface area contributed by atoms with Crippen LogP contribution in [0.4, 0.5) is 0 Å². The van der Waals surface area contributed by atoms with Crippen molar-refractivity contribution in [3.8, 4) is 0 Å². The fraction of sp³-hybridized carbons (Fsp3) is 0.833. The zero-order chi connectivity index (χ0) is 14.1. The van der Waals surface area contributed by atoms with E-state index < -0.39 is 22.4 Å². The van der Waals surface area contributed by atoms with Gasteiger partial charge in [0, 0.05) is 28.9 Å². The molecule has 0 saturated carbocycles. The van der Waals surface area contributed by atoms with Crippen molar-refractivity contribution in [2.75, 3.05) is 12.0 Å². The van der Waals surface area contributed by atoms with Crippen LogP contribution in [0.15, 0.2) is 0 Å². The lowest BCUT2D eigenvalue weighted by molar-refractivity contribution is -0.155. The Labute approximate surface area is 111 Å². The van der Waals surface area contributed by atoms with Gasteiger partial charge in [-0.25, -0.2) is 0 Å². The van der Waals surface area contributed by atoms with E-state index in [9.17, 15) is 13.8 Å². The normalized spacial score (nSPS) is 32.1. The van der Waals surface area contributed by atoms with E-state index in [4.69, 9.17) is 0 Å². The highest BCUT2D eigenvalue weighted by molar-refractivity contribution is 7.84. The SMILES string of the molecule is CCC1(C)NC(=O)C(C)N(C(C)CS(C)=O)C1=O. The molecule has 18 heavy (non-hydrogen) atoms. The smallest absolute Gasteiger partial charge is 0.248 e. The molecule has 1 aliphatic heterocycles. The lowest BCUT2D eigenvalue weighted by Crippen LogP contribution is -2.70. The molecule has 1 rings (SSSR count). The molecule has 0 aromatic carbocycles. The molecule has 0 aliphatic carbocycles. The Kier molecular flexibility index (Phi) is 4.53. The number of hydrogen-bond donors (Lipinski definition) is 1. The van der Waals surface area contributed by atoms with E-state index in [2.05, 4.69) is 5.32 Å². The molecule has 0 spiro atoms. The molecule has 5 nitrogen and oxygen atoms in total. The third-order valence-electron chi connectivity index (χ3n) is 3.56. The summed E-state index contributed by atoms with van der Waals surface area (Å²) in [6, 6.07) is -0.703. The summed E-state index contributed by atoms with van der Waals surface area (Å²) in [6.07, 6.45) is 2.15. The average Bonchev–Trinajstić information content (AvgIpc) is 2.26. The molecule has 1 aliphatic rings. The minimum atomic E-state index is -0.991. The number of piperazine rings is 1. The van der Waals surface area contributed by atoms with Gasteiger partial charge in [-0.15, -0.1) is 0 Å². The van der Waals surface area contributed by atoms with E-state index in [1.54, 1.807) is 25.0 Å². The second-order valence-electron chi connectivity index (χ2n) is 5.15. The molecule has 4 unspecified atom stereocenters. The Hall–Kier alpha value is -0.910. The number of carbonyl (C=O) groups is 2. The molecule has 4 atom stereocenters. The van der Waals surface area contributed by atoms with Gasteiger partial charge in [0.2, 0.25) is 11.8 Å². The molecule has 1 N–H and O–H groups in total. The van der Waals surface area contributed by atoms with Crippen molar-refractivity contribution >= 4 is 22.6 Å². The van der Waals surface area contributed by atoms with Gasteiger partial charge in [-0.1, -0.05) is 6.92 Å². The third kappa shape index (κ3) is 2.74. The van der Waals surface area contributed by atoms with Gasteiger partial charge in [-0.2, -0.15) is 0 Å². The molecule has 0 aromatic heterocycles. The highest BCUT2D eigenvalue weighted by Crippen LogP contribution is 2.23. The van der Waals surface area contributed by atoms with Gasteiger partial charge in [-0.3, -0.25) is 13.8 Å². The van der Waals surface area contributed by atoms with Gasteiger partial charge >= 0.3 is 0 Å². The van der Waals surface area contributed by atoms with Crippen LogP contribution in [0.25, 0.3) is 0 Å². The van der Waals surface area contributed by atoms with E-state index in [0.717, 1.165) is 0 Å². The van der Waals surface area contributed by atoms with Crippen LogP contribution in [0.1, 0.15) is 34.1 Å². The number of hydrogen-bond acceptors (Lipinski definition) is 3. The van der Waals surface area contributed by atoms with Crippen molar-refractivity contribution in [3.63, 3.8) is 0 Å². The summed E-state index contributed by atoms with van der Waals surface area (Å²) in [5.41, 5.74) is -0.840. The van der Waals surface area contributed by atoms with E-state index >= 15 is 0 Å². The summed E-state index contributed by atoms with van der Waals surface area (Å²) < 4.78 is 11.3. The molecular formula is C12H22N2O3S. The second kappa shape index (κ2) is 5.38. The highest BCUT2D eigenvalue weighted by atomic mass is 32.2. The summed E-state index contributed by atoms with van der Waals surface area (Å²) in [5, 5.41) is 2.77. The van der Waals surface area contributed by atoms with Crippen LogP contribution in [-0.4, -0.2) is 50.6 Å². The van der Waals surface area contributed by atoms with Crippen molar-refractivity contribution in [1.82, 2.24) is 10.2 Å². The summed E-state index contributed by atoms with van der Waals surface area (Å²) in [4.78, 5) is 26.0. The summed E-state index contributed by atoms with van der Waals surface area (Å²) >= 11 is 0. The molecule has 2 amide bonds. The van der Waals surface area contributed by atoms with E-state index in [-0.39, 0.29) is 17.9 Å². The number of nitrogens with zero attached hydrogens (tertiary/aromatic N) is 1. The van der Waals surface area contributed by atoms with Crippen LogP contribution in [0.2, 0.25) is 0 Å². The molecule has 0 radical (unpaired) electrons. The molecule has 0 bridgehead atoms. The summed E-state index contributed by atoms with van der Waals surface area (Å²) in [7, 11) is -0.991. The van der Waals surface area contributed by atoms with Crippen LogP contribution in [-0.2, 0) is 20.4 Å². The number of carbonyl (C=O) groups excluding carboxylic acids is 2. The van der Waals surface area contributed by atoms with Crippen molar-refractivity contribution in [2.24, 2.45) is 0 Å². The van der Waals surface area contributed by atoms with Gasteiger partial charge in [-0.05, 0) is 27.2 Å². The number of nitrogens with one attached hydrogen (secondary N) is 1. The fourth-order valence-electron chi connectivity index (χ4n) is 2.26. The van der Waals surface area contributed by atoms with Crippen molar-refractivity contribution in [1.29, 1.82) is 0 Å². The van der Waals surface area contributed by atoms with Crippen LogP contribution in [0.3, 0.4) is 0 Å². The van der Waals surface area contributed by atoms with Gasteiger partial charge in [0.15, 0.2) is 0 Å². The van der Waals surface area contributed by atoms with Crippen molar-refractivity contribution < 1.29 is 13.8 Å². The highest BCUT2D eigenvalue weighted by Gasteiger charge is 2.46. The Balaban J connectivity index is 3.02. The topological polar surface area (TPSA) is 66.5 Å². The maximum Gasteiger partial charge on any atom is 0.248 e. The molecule has 104 valence electrons. The standard InChI is InChI=1S/C12H22N2O3S/c1-6-12(4)11(16)14(8(2)7-18(5)17)9(3)10(15)13-12/h8-9H,6-7H2,1-5H3,(H,13,15). The van der Waals surface area contributed by atoms with Crippen LogP contribution in [0.5, 0.6) is 0 Å². The lowest BCUT2D eigenvalue weighted by atomic mass is 9.91. The van der Waals surface area contributed by atoms with Gasteiger partial charge in [0.25, 0.3) is 0 Å². The molecule has 1 saturated heterocycles. The molecular weight excluding hydrogens is 252 g/mol. The fourth-order valence-corrected chi connectivity index (χ4v) is 3.10. The first-order valence-corrected chi connectivity index (χ1v) is 7.90. The van der Waals surface area contributed by atoms with Gasteiger partial charge in [0.1, 0.15) is 11.6 Å². The largest absolute Gasteiger partial charge is 0.340 e. The first kappa shape index (κ1) is 15.1. The average molecular weight is 274 g/mol. The third-order valence-corrected chi connectivity index (χ3v) is 4.51. The van der Waals surface area contributed by atoms with Crippen LogP contribution in [0, 0.1) is 0 Å².